The molecule has 0 N–H and O–H groups in total. The number of esters is 1. The predicted octanol–water partition coefficient (Wildman–Crippen LogP) is 0.508. The molecule has 6 heteroatoms. The first-order valence-corrected chi connectivity index (χ1v) is 4.66. The minimum atomic E-state index is -0.534. The number of carbonyl (C=O) groups is 1. The van der Waals surface area contributed by atoms with Gasteiger partial charge in [-0.15, -0.1) is 5.10 Å². The number of rotatable bonds is 3. The summed E-state index contributed by atoms with van der Waals surface area (Å²) >= 11 is 0. The predicted molar refractivity (Wildman–Crippen MR) is 54.7 cm³/mol. The lowest BCUT2D eigenvalue weighted by molar-refractivity contribution is 0.0586. The second-order valence-corrected chi connectivity index (χ2v) is 3.11. The summed E-state index contributed by atoms with van der Waals surface area (Å²) in [6, 6.07) is 3.75. The van der Waals surface area contributed by atoms with Gasteiger partial charge < -0.3 is 4.74 Å². The highest BCUT2D eigenvalue weighted by Gasteiger charge is 2.10. The maximum absolute atomic E-state index is 11.1. The highest BCUT2D eigenvalue weighted by Crippen LogP contribution is 2.00. The van der Waals surface area contributed by atoms with Crippen molar-refractivity contribution in [1.82, 2.24) is 19.7 Å². The molecule has 0 saturated carbocycles. The molecule has 2 heterocycles. The summed E-state index contributed by atoms with van der Waals surface area (Å²) < 4.78 is 6.08. The normalized spacial score (nSPS) is 10.1. The Morgan fingerprint density at radius 3 is 2.88 bits per heavy atom. The van der Waals surface area contributed by atoms with Crippen molar-refractivity contribution >= 4 is 5.97 Å². The van der Waals surface area contributed by atoms with Crippen LogP contribution in [0.15, 0.2) is 30.9 Å². The molecule has 0 aliphatic heterocycles. The molecule has 6 nitrogen and oxygen atoms in total. The molecule has 0 spiro atoms. The Morgan fingerprint density at radius 2 is 2.19 bits per heavy atom. The third-order valence-electron chi connectivity index (χ3n) is 2.00. The zero-order chi connectivity index (χ0) is 11.4. The Balaban J connectivity index is 2.12. The van der Waals surface area contributed by atoms with Gasteiger partial charge in [-0.25, -0.2) is 14.5 Å². The van der Waals surface area contributed by atoms with E-state index in [1.807, 2.05) is 12.1 Å². The first kappa shape index (κ1) is 10.3. The first-order chi connectivity index (χ1) is 7.79. The third kappa shape index (κ3) is 2.22. The van der Waals surface area contributed by atoms with Crippen LogP contribution in [0.2, 0.25) is 0 Å². The van der Waals surface area contributed by atoms with Crippen molar-refractivity contribution in [2.45, 2.75) is 6.54 Å². The monoisotopic (exact) mass is 218 g/mol. The number of hydrogen-bond donors (Lipinski definition) is 0. The van der Waals surface area contributed by atoms with Gasteiger partial charge in [0.05, 0.1) is 13.7 Å². The molecule has 2 aromatic rings. The lowest BCUT2D eigenvalue weighted by Crippen LogP contribution is -2.06. The molecular formula is C10H10N4O2. The van der Waals surface area contributed by atoms with E-state index < -0.39 is 5.97 Å². The van der Waals surface area contributed by atoms with E-state index in [1.54, 1.807) is 17.1 Å². The van der Waals surface area contributed by atoms with Crippen LogP contribution < -0.4 is 0 Å². The molecular weight excluding hydrogens is 208 g/mol. The van der Waals surface area contributed by atoms with Crippen molar-refractivity contribution in [2.75, 3.05) is 7.11 Å². The maximum atomic E-state index is 11.1. The highest BCUT2D eigenvalue weighted by atomic mass is 16.5. The van der Waals surface area contributed by atoms with Crippen LogP contribution in [0.1, 0.15) is 16.2 Å². The van der Waals surface area contributed by atoms with Crippen molar-refractivity contribution in [3.63, 3.8) is 0 Å². The molecule has 0 aliphatic rings. The number of aromatic nitrogens is 4. The van der Waals surface area contributed by atoms with Crippen molar-refractivity contribution in [1.29, 1.82) is 0 Å². The van der Waals surface area contributed by atoms with E-state index in [4.69, 9.17) is 0 Å². The molecule has 0 bridgehead atoms. The van der Waals surface area contributed by atoms with Crippen LogP contribution in [-0.4, -0.2) is 32.8 Å². The molecule has 0 atom stereocenters. The van der Waals surface area contributed by atoms with Crippen LogP contribution in [0.25, 0.3) is 0 Å². The molecule has 2 rings (SSSR count). The summed E-state index contributed by atoms with van der Waals surface area (Å²) in [6.07, 6.45) is 4.90. The number of methoxy groups -OCH3 is 1. The van der Waals surface area contributed by atoms with Crippen molar-refractivity contribution in [3.8, 4) is 0 Å². The van der Waals surface area contributed by atoms with E-state index in [1.165, 1.54) is 13.4 Å². The van der Waals surface area contributed by atoms with Crippen molar-refractivity contribution < 1.29 is 9.53 Å². The summed E-state index contributed by atoms with van der Waals surface area (Å²) in [5.74, 6) is -0.468. The number of carbonyl (C=O) groups excluding carboxylic acids is 1. The average molecular weight is 218 g/mol. The van der Waals surface area contributed by atoms with E-state index >= 15 is 0 Å². The Kier molecular flexibility index (Phi) is 2.90. The Hall–Kier alpha value is -2.24. The van der Waals surface area contributed by atoms with Gasteiger partial charge in [0.1, 0.15) is 6.33 Å². The second kappa shape index (κ2) is 4.52. The van der Waals surface area contributed by atoms with Gasteiger partial charge in [0.2, 0.25) is 0 Å². The molecule has 0 aliphatic carbocycles. The molecule has 2 aromatic heterocycles. The van der Waals surface area contributed by atoms with Crippen LogP contribution >= 0.6 is 0 Å². The zero-order valence-corrected chi connectivity index (χ0v) is 8.70. The third-order valence-corrected chi connectivity index (χ3v) is 2.00. The zero-order valence-electron chi connectivity index (χ0n) is 8.70. The summed E-state index contributed by atoms with van der Waals surface area (Å²) in [4.78, 5) is 18.9. The minimum absolute atomic E-state index is 0.0663. The molecule has 16 heavy (non-hydrogen) atoms. The maximum Gasteiger partial charge on any atom is 0.377 e. The van der Waals surface area contributed by atoms with Crippen molar-refractivity contribution in [3.05, 3.63) is 42.2 Å². The second-order valence-electron chi connectivity index (χ2n) is 3.11. The SMILES string of the molecule is COC(=O)c1ncn(Cc2ccncc2)n1. The molecule has 0 saturated heterocycles. The van der Waals surface area contributed by atoms with Gasteiger partial charge in [0.25, 0.3) is 5.82 Å². The number of ether oxygens (including phenoxy) is 1. The van der Waals surface area contributed by atoms with Gasteiger partial charge in [-0.05, 0) is 17.7 Å². The molecule has 0 radical (unpaired) electrons. The van der Waals surface area contributed by atoms with E-state index in [9.17, 15) is 4.79 Å². The van der Waals surface area contributed by atoms with Crippen LogP contribution in [-0.2, 0) is 11.3 Å². The highest BCUT2D eigenvalue weighted by molar-refractivity contribution is 5.84. The minimum Gasteiger partial charge on any atom is -0.463 e. The Morgan fingerprint density at radius 1 is 1.44 bits per heavy atom. The van der Waals surface area contributed by atoms with Gasteiger partial charge in [-0.3, -0.25) is 4.98 Å². The van der Waals surface area contributed by atoms with E-state index in [2.05, 4.69) is 19.8 Å². The van der Waals surface area contributed by atoms with E-state index in [0.29, 0.717) is 6.54 Å². The standard InChI is InChI=1S/C10H10N4O2/c1-16-10(15)9-12-7-14(13-9)6-8-2-4-11-5-3-8/h2-5,7H,6H2,1H3. The number of pyridine rings is 1. The largest absolute Gasteiger partial charge is 0.463 e. The fourth-order valence-corrected chi connectivity index (χ4v) is 1.23. The lowest BCUT2D eigenvalue weighted by Gasteiger charge is -1.99. The van der Waals surface area contributed by atoms with Gasteiger partial charge in [0, 0.05) is 12.4 Å². The number of hydrogen-bond acceptors (Lipinski definition) is 5. The van der Waals surface area contributed by atoms with Crippen LogP contribution in [0.4, 0.5) is 0 Å². The average Bonchev–Trinajstić information content (AvgIpc) is 2.78. The fourth-order valence-electron chi connectivity index (χ4n) is 1.23. The van der Waals surface area contributed by atoms with Crippen LogP contribution in [0.3, 0.4) is 0 Å². The molecule has 0 fully saturated rings. The Bertz CT molecular complexity index is 481. The fraction of sp³-hybridized carbons (Fsp3) is 0.200. The first-order valence-electron chi connectivity index (χ1n) is 4.66. The van der Waals surface area contributed by atoms with Gasteiger partial charge in [-0.2, -0.15) is 0 Å². The summed E-state index contributed by atoms with van der Waals surface area (Å²) in [5, 5.41) is 3.99. The molecule has 0 aromatic carbocycles. The van der Waals surface area contributed by atoms with Gasteiger partial charge in [0.15, 0.2) is 0 Å². The van der Waals surface area contributed by atoms with E-state index in [-0.39, 0.29) is 5.82 Å². The van der Waals surface area contributed by atoms with E-state index in [0.717, 1.165) is 5.56 Å². The smallest absolute Gasteiger partial charge is 0.377 e. The Labute approximate surface area is 91.9 Å². The quantitative estimate of drug-likeness (QED) is 0.702. The summed E-state index contributed by atoms with van der Waals surface area (Å²) in [6.45, 7) is 0.548. The molecule has 0 unspecified atom stereocenters. The van der Waals surface area contributed by atoms with Crippen LogP contribution in [0, 0.1) is 0 Å². The summed E-state index contributed by atoms with van der Waals surface area (Å²) in [7, 11) is 1.30. The van der Waals surface area contributed by atoms with Gasteiger partial charge in [-0.1, -0.05) is 0 Å². The summed E-state index contributed by atoms with van der Waals surface area (Å²) in [5.41, 5.74) is 1.04. The van der Waals surface area contributed by atoms with Crippen LogP contribution in [0.5, 0.6) is 0 Å². The lowest BCUT2D eigenvalue weighted by atomic mass is 10.3. The number of nitrogens with zero attached hydrogens (tertiary/aromatic N) is 4. The van der Waals surface area contributed by atoms with Crippen molar-refractivity contribution in [2.24, 2.45) is 0 Å². The van der Waals surface area contributed by atoms with Gasteiger partial charge >= 0.3 is 5.97 Å². The topological polar surface area (TPSA) is 69.9 Å². The molecule has 82 valence electrons. The molecule has 0 amide bonds.